The number of nitrogens with one attached hydrogen (secondary N) is 1. The molecule has 2 rings (SSSR count). The largest absolute Gasteiger partial charge is 0.497 e. The third-order valence-electron chi connectivity index (χ3n) is 3.61. The lowest BCUT2D eigenvalue weighted by molar-refractivity contribution is -0.418. The molecule has 1 aliphatic heterocycles. The minimum Gasteiger partial charge on any atom is -0.497 e. The lowest BCUT2D eigenvalue weighted by Gasteiger charge is -2.26. The minimum atomic E-state index is -0.529. The zero-order chi connectivity index (χ0) is 17.1. The summed E-state index contributed by atoms with van der Waals surface area (Å²) >= 11 is 12.5. The minimum absolute atomic E-state index is 0. The number of methoxy groups -OCH3 is 1. The second-order valence-electron chi connectivity index (χ2n) is 4.79. The van der Waals surface area contributed by atoms with Gasteiger partial charge >= 0.3 is 5.70 Å². The van der Waals surface area contributed by atoms with Crippen LogP contribution in [0.15, 0.2) is 34.1 Å². The van der Waals surface area contributed by atoms with Crippen molar-refractivity contribution in [1.82, 2.24) is 4.90 Å². The topological polar surface area (TPSA) is 67.6 Å². The van der Waals surface area contributed by atoms with E-state index in [1.807, 2.05) is 13.8 Å². The van der Waals surface area contributed by atoms with Crippen LogP contribution in [0, 0.1) is 10.1 Å². The fourth-order valence-corrected chi connectivity index (χ4v) is 2.92. The molecular weight excluding hydrogens is 377 g/mol. The first-order chi connectivity index (χ1) is 10.9. The molecule has 1 N–H and O–H groups in total. The molecule has 0 aliphatic carbocycles. The SMILES string of the molecule is CCN(CC)/C(Cl)=C(Cl)\C(=C1\Nc2ccc(OC)cc21)[N+](=O)[O-].Cl. The molecule has 0 saturated carbocycles. The molecule has 132 valence electrons. The van der Waals surface area contributed by atoms with Crippen molar-refractivity contribution >= 4 is 47.0 Å². The summed E-state index contributed by atoms with van der Waals surface area (Å²) in [5.74, 6) is 0.611. The number of anilines is 1. The average Bonchev–Trinajstić information content (AvgIpc) is 2.52. The summed E-state index contributed by atoms with van der Waals surface area (Å²) in [7, 11) is 1.54. The highest BCUT2D eigenvalue weighted by molar-refractivity contribution is 6.40. The molecule has 0 fully saturated rings. The molecule has 0 unspecified atom stereocenters. The van der Waals surface area contributed by atoms with Crippen LogP contribution in [0.4, 0.5) is 5.69 Å². The molecule has 0 atom stereocenters. The summed E-state index contributed by atoms with van der Waals surface area (Å²) in [5, 5.41) is 14.6. The first kappa shape index (κ1) is 20.4. The third-order valence-corrected chi connectivity index (χ3v) is 4.49. The summed E-state index contributed by atoms with van der Waals surface area (Å²) in [5.41, 5.74) is 1.55. The Kier molecular flexibility index (Phi) is 7.20. The lowest BCUT2D eigenvalue weighted by atomic mass is 9.99. The Morgan fingerprint density at radius 1 is 1.33 bits per heavy atom. The van der Waals surface area contributed by atoms with Gasteiger partial charge in [0, 0.05) is 24.3 Å². The maximum Gasteiger partial charge on any atom is 0.314 e. The first-order valence-corrected chi connectivity index (χ1v) is 7.84. The van der Waals surface area contributed by atoms with Crippen LogP contribution in [0.2, 0.25) is 0 Å². The Balaban J connectivity index is 0.00000288. The normalized spacial score (nSPS) is 15.0. The maximum absolute atomic E-state index is 11.5. The molecule has 0 spiro atoms. The van der Waals surface area contributed by atoms with Crippen molar-refractivity contribution in [2.45, 2.75) is 13.8 Å². The van der Waals surface area contributed by atoms with E-state index >= 15 is 0 Å². The predicted molar refractivity (Wildman–Crippen MR) is 99.4 cm³/mol. The summed E-state index contributed by atoms with van der Waals surface area (Å²) in [6, 6.07) is 5.29. The van der Waals surface area contributed by atoms with Gasteiger partial charge in [0.05, 0.1) is 12.0 Å². The Bertz CT molecular complexity index is 700. The van der Waals surface area contributed by atoms with Crippen molar-refractivity contribution < 1.29 is 9.66 Å². The van der Waals surface area contributed by atoms with Gasteiger partial charge in [0.1, 0.15) is 16.6 Å². The van der Waals surface area contributed by atoms with Crippen LogP contribution in [-0.2, 0) is 0 Å². The highest BCUT2D eigenvalue weighted by Crippen LogP contribution is 2.42. The molecule has 0 saturated heterocycles. The number of allylic oxidation sites excluding steroid dienone is 1. The quantitative estimate of drug-likeness (QED) is 0.438. The van der Waals surface area contributed by atoms with Crippen LogP contribution >= 0.6 is 35.6 Å². The highest BCUT2D eigenvalue weighted by Gasteiger charge is 2.34. The first-order valence-electron chi connectivity index (χ1n) is 7.09. The Hall–Kier alpha value is -1.63. The van der Waals surface area contributed by atoms with Crippen molar-refractivity contribution in [3.05, 3.63) is 49.8 Å². The lowest BCUT2D eigenvalue weighted by Crippen LogP contribution is -2.23. The van der Waals surface area contributed by atoms with Crippen molar-refractivity contribution in [1.29, 1.82) is 0 Å². The van der Waals surface area contributed by atoms with Gasteiger partial charge < -0.3 is 15.0 Å². The average molecular weight is 395 g/mol. The number of hydrogen-bond acceptors (Lipinski definition) is 5. The second-order valence-corrected chi connectivity index (χ2v) is 5.53. The van der Waals surface area contributed by atoms with Crippen LogP contribution in [0.3, 0.4) is 0 Å². The molecule has 1 aromatic rings. The van der Waals surface area contributed by atoms with Crippen molar-refractivity contribution in [3.8, 4) is 5.75 Å². The van der Waals surface area contributed by atoms with E-state index in [1.54, 1.807) is 23.1 Å². The number of benzene rings is 1. The molecule has 0 aromatic heterocycles. The van der Waals surface area contributed by atoms with Crippen LogP contribution in [-0.4, -0.2) is 30.0 Å². The van der Waals surface area contributed by atoms with E-state index in [4.69, 9.17) is 27.9 Å². The van der Waals surface area contributed by atoms with Crippen molar-refractivity contribution in [2.24, 2.45) is 0 Å². The number of ether oxygens (including phenoxy) is 1. The molecule has 1 aliphatic rings. The molecule has 6 nitrogen and oxygen atoms in total. The van der Waals surface area contributed by atoms with Gasteiger partial charge in [0.25, 0.3) is 0 Å². The van der Waals surface area contributed by atoms with Crippen molar-refractivity contribution in [3.63, 3.8) is 0 Å². The van der Waals surface area contributed by atoms with Gasteiger partial charge in [-0.05, 0) is 32.0 Å². The zero-order valence-corrected chi connectivity index (χ0v) is 15.8. The standard InChI is InChI=1S/C15H17Cl2N3O3.ClH/c1-4-19(5-2)15(17)12(16)14(20(21)22)13-10-8-9(23-3)6-7-11(10)18-13;/h6-8,18H,4-5H2,1-3H3;1H/b14-13-,15-12+;. The summed E-state index contributed by atoms with van der Waals surface area (Å²) in [6.07, 6.45) is 0. The second kappa shape index (κ2) is 8.46. The zero-order valence-electron chi connectivity index (χ0n) is 13.4. The van der Waals surface area contributed by atoms with Crippen molar-refractivity contribution in [2.75, 3.05) is 25.5 Å². The molecule has 1 heterocycles. The van der Waals surface area contributed by atoms with Gasteiger partial charge in [-0.3, -0.25) is 10.1 Å². The Morgan fingerprint density at radius 2 is 1.96 bits per heavy atom. The number of nitro groups is 1. The molecule has 0 amide bonds. The summed E-state index contributed by atoms with van der Waals surface area (Å²) in [6.45, 7) is 5.00. The van der Waals surface area contributed by atoms with Crippen LogP contribution in [0.25, 0.3) is 5.70 Å². The van der Waals surface area contributed by atoms with Crippen LogP contribution < -0.4 is 10.1 Å². The van der Waals surface area contributed by atoms with E-state index in [2.05, 4.69) is 5.32 Å². The van der Waals surface area contributed by atoms with Crippen LogP contribution in [0.1, 0.15) is 19.4 Å². The van der Waals surface area contributed by atoms with E-state index in [9.17, 15) is 10.1 Å². The molecule has 0 radical (unpaired) electrons. The third kappa shape index (κ3) is 3.71. The number of rotatable bonds is 6. The van der Waals surface area contributed by atoms with E-state index in [1.165, 1.54) is 7.11 Å². The Labute approximate surface area is 156 Å². The number of fused-ring (bicyclic) bond motifs is 1. The van der Waals surface area contributed by atoms with Crippen LogP contribution in [0.5, 0.6) is 5.75 Å². The molecular formula is C15H18Cl3N3O3. The molecule has 24 heavy (non-hydrogen) atoms. The highest BCUT2D eigenvalue weighted by atomic mass is 35.5. The van der Waals surface area contributed by atoms with Gasteiger partial charge in [0.2, 0.25) is 0 Å². The van der Waals surface area contributed by atoms with Gasteiger partial charge in [0.15, 0.2) is 5.03 Å². The maximum atomic E-state index is 11.5. The Morgan fingerprint density at radius 3 is 2.46 bits per heavy atom. The van der Waals surface area contributed by atoms with E-state index < -0.39 is 4.92 Å². The summed E-state index contributed by atoms with van der Waals surface area (Å²) in [4.78, 5) is 12.7. The number of hydrogen-bond donors (Lipinski definition) is 1. The predicted octanol–water partition coefficient (Wildman–Crippen LogP) is 4.48. The van der Waals surface area contributed by atoms with Gasteiger partial charge in [-0.1, -0.05) is 23.2 Å². The molecule has 9 heteroatoms. The van der Waals surface area contributed by atoms with Gasteiger partial charge in [-0.25, -0.2) is 0 Å². The van der Waals surface area contributed by atoms with E-state index in [-0.39, 0.29) is 28.3 Å². The van der Waals surface area contributed by atoms with E-state index in [0.717, 1.165) is 5.69 Å². The molecule has 1 aromatic carbocycles. The molecule has 0 bridgehead atoms. The smallest absolute Gasteiger partial charge is 0.314 e. The number of halogens is 3. The number of nitrogens with zero attached hydrogens (tertiary/aromatic N) is 2. The summed E-state index contributed by atoms with van der Waals surface area (Å²) < 4.78 is 5.15. The van der Waals surface area contributed by atoms with Gasteiger partial charge in [-0.15, -0.1) is 12.4 Å². The monoisotopic (exact) mass is 393 g/mol. The fourth-order valence-electron chi connectivity index (χ4n) is 2.31. The van der Waals surface area contributed by atoms with E-state index in [0.29, 0.717) is 30.1 Å². The fraction of sp³-hybridized carbons (Fsp3) is 0.333. The van der Waals surface area contributed by atoms with Gasteiger partial charge in [-0.2, -0.15) is 0 Å².